The summed E-state index contributed by atoms with van der Waals surface area (Å²) in [6, 6.07) is 11.8. The van der Waals surface area contributed by atoms with Crippen LogP contribution in [0.2, 0.25) is 0 Å². The summed E-state index contributed by atoms with van der Waals surface area (Å²) < 4.78 is 5.16. The van der Waals surface area contributed by atoms with Crippen LogP contribution in [0.4, 0.5) is 5.69 Å². The highest BCUT2D eigenvalue weighted by molar-refractivity contribution is 5.98. The van der Waals surface area contributed by atoms with E-state index in [1.807, 2.05) is 39.0 Å². The summed E-state index contributed by atoms with van der Waals surface area (Å²) in [7, 11) is 0. The first-order valence-electron chi connectivity index (χ1n) is 9.59. The van der Waals surface area contributed by atoms with Gasteiger partial charge in [-0.1, -0.05) is 43.7 Å². The van der Waals surface area contributed by atoms with Crippen LogP contribution in [0, 0.1) is 26.7 Å². The largest absolute Gasteiger partial charge is 0.454 e. The van der Waals surface area contributed by atoms with E-state index in [2.05, 4.69) is 10.6 Å². The second-order valence-corrected chi connectivity index (χ2v) is 7.47. The third-order valence-electron chi connectivity index (χ3n) is 4.71. The molecular weight excluding hydrogens is 368 g/mol. The summed E-state index contributed by atoms with van der Waals surface area (Å²) in [4.78, 5) is 37.1. The molecule has 154 valence electrons. The Kier molecular flexibility index (Phi) is 7.53. The van der Waals surface area contributed by atoms with E-state index in [9.17, 15) is 14.4 Å². The van der Waals surface area contributed by atoms with Gasteiger partial charge in [0.2, 0.25) is 0 Å². The van der Waals surface area contributed by atoms with Gasteiger partial charge in [-0.2, -0.15) is 0 Å². The van der Waals surface area contributed by atoms with E-state index in [0.717, 1.165) is 16.7 Å². The highest BCUT2D eigenvalue weighted by atomic mass is 16.5. The number of hydrogen-bond donors (Lipinski definition) is 2. The van der Waals surface area contributed by atoms with E-state index in [1.54, 1.807) is 38.1 Å². The molecule has 29 heavy (non-hydrogen) atoms. The topological polar surface area (TPSA) is 84.5 Å². The van der Waals surface area contributed by atoms with Crippen molar-refractivity contribution >= 4 is 23.5 Å². The van der Waals surface area contributed by atoms with Gasteiger partial charge in [-0.3, -0.25) is 9.59 Å². The van der Waals surface area contributed by atoms with Crippen molar-refractivity contribution in [3.05, 3.63) is 64.7 Å². The molecule has 0 aromatic heterocycles. The molecule has 0 bridgehead atoms. The molecule has 0 saturated carbocycles. The van der Waals surface area contributed by atoms with Gasteiger partial charge in [-0.05, 0) is 56.0 Å². The van der Waals surface area contributed by atoms with E-state index >= 15 is 0 Å². The SMILES string of the molecule is Cc1cccc(C(=O)N[C@H](C(=O)OCC(=O)Nc2cccc(C)c2C)C(C)C)c1. The average molecular weight is 396 g/mol. The molecule has 2 rings (SSSR count). The van der Waals surface area contributed by atoms with E-state index in [4.69, 9.17) is 4.74 Å². The Hall–Kier alpha value is -3.15. The maximum Gasteiger partial charge on any atom is 0.329 e. The van der Waals surface area contributed by atoms with Gasteiger partial charge in [-0.15, -0.1) is 0 Å². The molecule has 0 fully saturated rings. The van der Waals surface area contributed by atoms with Crippen molar-refractivity contribution in [1.29, 1.82) is 0 Å². The molecule has 0 radical (unpaired) electrons. The Labute approximate surface area is 171 Å². The van der Waals surface area contributed by atoms with Crippen LogP contribution in [0.25, 0.3) is 0 Å². The van der Waals surface area contributed by atoms with Crippen LogP contribution in [-0.2, 0) is 14.3 Å². The number of amides is 2. The fraction of sp³-hybridized carbons (Fsp3) is 0.348. The maximum absolute atomic E-state index is 12.5. The Morgan fingerprint density at radius 3 is 2.34 bits per heavy atom. The van der Waals surface area contributed by atoms with Crippen LogP contribution < -0.4 is 10.6 Å². The predicted molar refractivity (Wildman–Crippen MR) is 113 cm³/mol. The summed E-state index contributed by atoms with van der Waals surface area (Å²) in [5.41, 5.74) is 4.11. The van der Waals surface area contributed by atoms with Gasteiger partial charge in [0.15, 0.2) is 6.61 Å². The zero-order chi connectivity index (χ0) is 21.6. The molecule has 1 atom stereocenters. The monoisotopic (exact) mass is 396 g/mol. The van der Waals surface area contributed by atoms with Crippen molar-refractivity contribution in [2.45, 2.75) is 40.7 Å². The molecule has 0 aliphatic heterocycles. The van der Waals surface area contributed by atoms with E-state index < -0.39 is 24.5 Å². The average Bonchev–Trinajstić information content (AvgIpc) is 2.67. The van der Waals surface area contributed by atoms with Crippen molar-refractivity contribution in [3.8, 4) is 0 Å². The zero-order valence-electron chi connectivity index (χ0n) is 17.5. The van der Waals surface area contributed by atoms with Gasteiger partial charge in [0.25, 0.3) is 11.8 Å². The van der Waals surface area contributed by atoms with Crippen molar-refractivity contribution < 1.29 is 19.1 Å². The predicted octanol–water partition coefficient (Wildman–Crippen LogP) is 3.55. The molecule has 0 heterocycles. The lowest BCUT2D eigenvalue weighted by Gasteiger charge is -2.21. The number of nitrogens with one attached hydrogen (secondary N) is 2. The normalized spacial score (nSPS) is 11.7. The lowest BCUT2D eigenvalue weighted by Crippen LogP contribution is -2.46. The Morgan fingerprint density at radius 2 is 1.69 bits per heavy atom. The Bertz CT molecular complexity index is 906. The molecule has 0 aliphatic rings. The minimum absolute atomic E-state index is 0.196. The number of esters is 1. The van der Waals surface area contributed by atoms with Crippen LogP contribution in [0.5, 0.6) is 0 Å². The quantitative estimate of drug-likeness (QED) is 0.701. The van der Waals surface area contributed by atoms with Gasteiger partial charge in [-0.25, -0.2) is 4.79 Å². The number of ether oxygens (including phenoxy) is 1. The van der Waals surface area contributed by atoms with E-state index in [1.165, 1.54) is 0 Å². The minimum Gasteiger partial charge on any atom is -0.454 e. The fourth-order valence-corrected chi connectivity index (χ4v) is 2.81. The van der Waals surface area contributed by atoms with Gasteiger partial charge in [0.1, 0.15) is 6.04 Å². The Morgan fingerprint density at radius 1 is 1.00 bits per heavy atom. The van der Waals surface area contributed by atoms with E-state index in [-0.39, 0.29) is 11.8 Å². The highest BCUT2D eigenvalue weighted by Crippen LogP contribution is 2.17. The second kappa shape index (κ2) is 9.87. The van der Waals surface area contributed by atoms with Crippen molar-refractivity contribution in [2.24, 2.45) is 5.92 Å². The standard InChI is InChI=1S/C23H28N2O4/c1-14(2)21(25-22(27)18-10-6-8-15(3)12-18)23(28)29-13-20(26)24-19-11-7-9-16(4)17(19)5/h6-12,14,21H,13H2,1-5H3,(H,24,26)(H,25,27)/t21-/m0/s1. The number of benzene rings is 2. The molecule has 0 spiro atoms. The number of anilines is 1. The van der Waals surface area contributed by atoms with Crippen LogP contribution in [0.3, 0.4) is 0 Å². The van der Waals surface area contributed by atoms with Crippen LogP contribution in [-0.4, -0.2) is 30.4 Å². The summed E-state index contributed by atoms with van der Waals surface area (Å²) in [6.45, 7) is 8.94. The molecule has 6 nitrogen and oxygen atoms in total. The second-order valence-electron chi connectivity index (χ2n) is 7.47. The summed E-state index contributed by atoms with van der Waals surface area (Å²) in [5, 5.41) is 5.45. The smallest absolute Gasteiger partial charge is 0.329 e. The molecule has 2 N–H and O–H groups in total. The third-order valence-corrected chi connectivity index (χ3v) is 4.71. The summed E-state index contributed by atoms with van der Waals surface area (Å²) in [6.07, 6.45) is 0. The van der Waals surface area contributed by atoms with E-state index in [0.29, 0.717) is 11.3 Å². The molecule has 0 unspecified atom stereocenters. The van der Waals surface area contributed by atoms with Crippen LogP contribution >= 0.6 is 0 Å². The number of hydrogen-bond acceptors (Lipinski definition) is 4. The molecule has 2 aromatic rings. The lowest BCUT2D eigenvalue weighted by molar-refractivity contribution is -0.150. The molecule has 0 aliphatic carbocycles. The van der Waals surface area contributed by atoms with Gasteiger partial charge in [0.05, 0.1) is 0 Å². The first-order valence-corrected chi connectivity index (χ1v) is 9.59. The van der Waals surface area contributed by atoms with Crippen LogP contribution in [0.15, 0.2) is 42.5 Å². The minimum atomic E-state index is -0.850. The summed E-state index contributed by atoms with van der Waals surface area (Å²) in [5.74, 6) is -1.63. The van der Waals surface area contributed by atoms with Gasteiger partial charge >= 0.3 is 5.97 Å². The van der Waals surface area contributed by atoms with Gasteiger partial charge in [0, 0.05) is 11.3 Å². The van der Waals surface area contributed by atoms with Gasteiger partial charge < -0.3 is 15.4 Å². The first-order chi connectivity index (χ1) is 13.7. The zero-order valence-corrected chi connectivity index (χ0v) is 17.5. The first kappa shape index (κ1) is 22.1. The van der Waals surface area contributed by atoms with Crippen LogP contribution in [0.1, 0.15) is 40.9 Å². The Balaban J connectivity index is 1.96. The molecule has 0 saturated heterocycles. The number of rotatable bonds is 7. The van der Waals surface area contributed by atoms with Crippen molar-refractivity contribution in [3.63, 3.8) is 0 Å². The maximum atomic E-state index is 12.5. The number of carbonyl (C=O) groups is 3. The molecule has 2 aromatic carbocycles. The molecule has 6 heteroatoms. The lowest BCUT2D eigenvalue weighted by atomic mass is 10.0. The highest BCUT2D eigenvalue weighted by Gasteiger charge is 2.26. The van der Waals surface area contributed by atoms with Crippen molar-refractivity contribution in [2.75, 3.05) is 11.9 Å². The molecule has 2 amide bonds. The van der Waals surface area contributed by atoms with Crippen molar-refractivity contribution in [1.82, 2.24) is 5.32 Å². The molecular formula is C23H28N2O4. The fourth-order valence-electron chi connectivity index (χ4n) is 2.81. The third kappa shape index (κ3) is 6.17. The summed E-state index contributed by atoms with van der Waals surface area (Å²) >= 11 is 0. The number of carbonyl (C=O) groups excluding carboxylic acids is 3. The number of aryl methyl sites for hydroxylation is 2.